The van der Waals surface area contributed by atoms with Crippen molar-refractivity contribution in [2.75, 3.05) is 25.0 Å². The third kappa shape index (κ3) is 3.55. The van der Waals surface area contributed by atoms with E-state index in [1.165, 1.54) is 5.69 Å². The number of allylic oxidation sites excluding steroid dienone is 1. The summed E-state index contributed by atoms with van der Waals surface area (Å²) in [4.78, 5) is 6.96. The van der Waals surface area contributed by atoms with Gasteiger partial charge in [-0.25, -0.2) is 0 Å². The monoisotopic (exact) mass is 356 g/mol. The van der Waals surface area contributed by atoms with Crippen LogP contribution in [0.5, 0.6) is 0 Å². The van der Waals surface area contributed by atoms with Crippen molar-refractivity contribution in [3.63, 3.8) is 0 Å². The summed E-state index contributed by atoms with van der Waals surface area (Å²) in [5.74, 6) is 0. The van der Waals surface area contributed by atoms with Crippen LogP contribution in [0.25, 0.3) is 12.2 Å². The van der Waals surface area contributed by atoms with Crippen molar-refractivity contribution in [3.05, 3.63) is 75.8 Å². The molecule has 0 saturated heterocycles. The van der Waals surface area contributed by atoms with E-state index in [9.17, 15) is 0 Å². The zero-order valence-electron chi connectivity index (χ0n) is 13.5. The Morgan fingerprint density at radius 3 is 2.58 bits per heavy atom. The Balaban J connectivity index is 1.97. The Kier molecular flexibility index (Phi) is 5.08. The molecular weight excluding hydrogens is 339 g/mol. The molecule has 0 saturated carbocycles. The SMILES string of the molecule is C=Cc1ccc2c(c1)N(C)CCN=C2/C=C/c1ccc(Cl)c(Cl)c1. The predicted molar refractivity (Wildman–Crippen MR) is 107 cm³/mol. The first kappa shape index (κ1) is 16.8. The molecule has 0 radical (unpaired) electrons. The van der Waals surface area contributed by atoms with Gasteiger partial charge in [-0.15, -0.1) is 0 Å². The normalized spacial score (nSPS) is 14.3. The summed E-state index contributed by atoms with van der Waals surface area (Å²) in [6, 6.07) is 11.9. The van der Waals surface area contributed by atoms with Crippen LogP contribution in [0.3, 0.4) is 0 Å². The molecule has 4 heteroatoms. The van der Waals surface area contributed by atoms with Crippen molar-refractivity contribution >= 4 is 46.8 Å². The van der Waals surface area contributed by atoms with Crippen molar-refractivity contribution in [3.8, 4) is 0 Å². The van der Waals surface area contributed by atoms with E-state index in [1.807, 2.05) is 30.4 Å². The Bertz CT molecular complexity index is 838. The van der Waals surface area contributed by atoms with Gasteiger partial charge in [0.2, 0.25) is 0 Å². The zero-order valence-corrected chi connectivity index (χ0v) is 15.0. The molecule has 0 N–H and O–H groups in total. The van der Waals surface area contributed by atoms with Crippen molar-refractivity contribution in [1.82, 2.24) is 0 Å². The van der Waals surface area contributed by atoms with Gasteiger partial charge in [-0.3, -0.25) is 4.99 Å². The van der Waals surface area contributed by atoms with Crippen LogP contribution in [0.15, 0.2) is 54.0 Å². The topological polar surface area (TPSA) is 15.6 Å². The summed E-state index contributed by atoms with van der Waals surface area (Å²) in [5, 5.41) is 1.11. The lowest BCUT2D eigenvalue weighted by Gasteiger charge is -2.19. The summed E-state index contributed by atoms with van der Waals surface area (Å²) in [6.45, 7) is 5.50. The minimum atomic E-state index is 0.553. The number of anilines is 1. The second-order valence-electron chi connectivity index (χ2n) is 5.68. The van der Waals surface area contributed by atoms with Crippen LogP contribution in [0.4, 0.5) is 5.69 Å². The fraction of sp³-hybridized carbons (Fsp3) is 0.150. The maximum Gasteiger partial charge on any atom is 0.0668 e. The number of fused-ring (bicyclic) bond motifs is 1. The fourth-order valence-electron chi connectivity index (χ4n) is 2.67. The predicted octanol–water partition coefficient (Wildman–Crippen LogP) is 5.59. The lowest BCUT2D eigenvalue weighted by atomic mass is 10.0. The fourth-order valence-corrected chi connectivity index (χ4v) is 2.97. The van der Waals surface area contributed by atoms with E-state index in [0.29, 0.717) is 10.0 Å². The highest BCUT2D eigenvalue weighted by molar-refractivity contribution is 6.42. The largest absolute Gasteiger partial charge is 0.372 e. The molecule has 0 amide bonds. The van der Waals surface area contributed by atoms with Crippen LogP contribution in [-0.4, -0.2) is 25.8 Å². The van der Waals surface area contributed by atoms with E-state index < -0.39 is 0 Å². The van der Waals surface area contributed by atoms with Crippen LogP contribution in [0.2, 0.25) is 10.0 Å². The van der Waals surface area contributed by atoms with Crippen LogP contribution < -0.4 is 4.90 Å². The Morgan fingerprint density at radius 2 is 1.83 bits per heavy atom. The van der Waals surface area contributed by atoms with Gasteiger partial charge in [-0.1, -0.05) is 60.1 Å². The molecule has 2 aromatic carbocycles. The molecule has 1 aliphatic heterocycles. The molecule has 0 spiro atoms. The van der Waals surface area contributed by atoms with Crippen molar-refractivity contribution in [2.45, 2.75) is 0 Å². The maximum absolute atomic E-state index is 6.08. The lowest BCUT2D eigenvalue weighted by molar-refractivity contribution is 0.896. The summed E-state index contributed by atoms with van der Waals surface area (Å²) in [7, 11) is 2.09. The van der Waals surface area contributed by atoms with Crippen LogP contribution >= 0.6 is 23.2 Å². The van der Waals surface area contributed by atoms with Gasteiger partial charge in [-0.2, -0.15) is 0 Å². The molecule has 1 aliphatic rings. The van der Waals surface area contributed by atoms with Gasteiger partial charge in [0.15, 0.2) is 0 Å². The van der Waals surface area contributed by atoms with E-state index in [-0.39, 0.29) is 0 Å². The van der Waals surface area contributed by atoms with Gasteiger partial charge in [0.1, 0.15) is 0 Å². The number of rotatable bonds is 3. The average molecular weight is 357 g/mol. The van der Waals surface area contributed by atoms with E-state index in [0.717, 1.165) is 35.5 Å². The second kappa shape index (κ2) is 7.25. The highest BCUT2D eigenvalue weighted by atomic mass is 35.5. The van der Waals surface area contributed by atoms with Crippen LogP contribution in [-0.2, 0) is 0 Å². The van der Waals surface area contributed by atoms with Gasteiger partial charge in [0.25, 0.3) is 0 Å². The van der Waals surface area contributed by atoms with Gasteiger partial charge < -0.3 is 4.90 Å². The van der Waals surface area contributed by atoms with E-state index in [4.69, 9.17) is 28.2 Å². The van der Waals surface area contributed by atoms with Crippen molar-refractivity contribution in [1.29, 1.82) is 0 Å². The number of halogens is 2. The molecular formula is C20H18Cl2N2. The van der Waals surface area contributed by atoms with Gasteiger partial charge in [0.05, 0.1) is 22.3 Å². The quantitative estimate of drug-likeness (QED) is 0.699. The molecule has 3 rings (SSSR count). The number of benzodiazepines with no additional fused rings is 1. The van der Waals surface area contributed by atoms with Crippen LogP contribution in [0, 0.1) is 0 Å². The standard InChI is InChI=1S/C20H18Cl2N2/c1-3-14-4-7-16-19(23-10-11-24(2)20(16)13-14)9-6-15-5-8-17(21)18(22)12-15/h3-9,12-13H,1,10-11H2,2H3/b9-6+. The van der Waals surface area contributed by atoms with E-state index in [1.54, 1.807) is 6.07 Å². The van der Waals surface area contributed by atoms with E-state index in [2.05, 4.69) is 36.7 Å². The number of hydrogen-bond acceptors (Lipinski definition) is 2. The highest BCUT2D eigenvalue weighted by Gasteiger charge is 2.14. The van der Waals surface area contributed by atoms with Gasteiger partial charge in [-0.05, 0) is 35.4 Å². The minimum Gasteiger partial charge on any atom is -0.372 e. The Morgan fingerprint density at radius 1 is 1.04 bits per heavy atom. The van der Waals surface area contributed by atoms with Crippen molar-refractivity contribution in [2.24, 2.45) is 4.99 Å². The number of likely N-dealkylation sites (N-methyl/N-ethyl adjacent to an activating group) is 1. The molecule has 2 aromatic rings. The van der Waals surface area contributed by atoms with E-state index >= 15 is 0 Å². The second-order valence-corrected chi connectivity index (χ2v) is 6.49. The molecule has 0 atom stereocenters. The molecule has 0 fully saturated rings. The molecule has 0 unspecified atom stereocenters. The summed E-state index contributed by atoms with van der Waals surface area (Å²) in [6.07, 6.45) is 5.91. The first-order chi connectivity index (χ1) is 11.6. The van der Waals surface area contributed by atoms with Crippen molar-refractivity contribution < 1.29 is 0 Å². The van der Waals surface area contributed by atoms with Crippen LogP contribution in [0.1, 0.15) is 16.7 Å². The molecule has 24 heavy (non-hydrogen) atoms. The number of nitrogens with zero attached hydrogens (tertiary/aromatic N) is 2. The average Bonchev–Trinajstić information content (AvgIpc) is 2.75. The maximum atomic E-state index is 6.08. The smallest absolute Gasteiger partial charge is 0.0668 e. The third-order valence-corrected chi connectivity index (χ3v) is 4.78. The molecule has 1 heterocycles. The third-order valence-electron chi connectivity index (χ3n) is 4.04. The zero-order chi connectivity index (χ0) is 17.1. The van der Waals surface area contributed by atoms with Gasteiger partial charge in [0, 0.05) is 24.8 Å². The minimum absolute atomic E-state index is 0.553. The number of aliphatic imine (C=N–C) groups is 1. The summed E-state index contributed by atoms with van der Waals surface area (Å²) < 4.78 is 0. The molecule has 2 nitrogen and oxygen atoms in total. The molecule has 0 aromatic heterocycles. The first-order valence-electron chi connectivity index (χ1n) is 7.74. The highest BCUT2D eigenvalue weighted by Crippen LogP contribution is 2.26. The lowest BCUT2D eigenvalue weighted by Crippen LogP contribution is -2.20. The first-order valence-corrected chi connectivity index (χ1v) is 8.49. The number of hydrogen-bond donors (Lipinski definition) is 0. The Hall–Kier alpha value is -2.03. The summed E-state index contributed by atoms with van der Waals surface area (Å²) in [5.41, 5.74) is 5.36. The number of benzene rings is 2. The molecule has 122 valence electrons. The molecule has 0 bridgehead atoms. The Labute approximate surface area is 152 Å². The molecule has 0 aliphatic carbocycles. The summed E-state index contributed by atoms with van der Waals surface area (Å²) >= 11 is 12.1. The van der Waals surface area contributed by atoms with Gasteiger partial charge >= 0.3 is 0 Å².